The molecule has 1 amide bonds. The first-order valence-electron chi connectivity index (χ1n) is 20.5. The predicted octanol–water partition coefficient (Wildman–Crippen LogP) is 9.47. The quantitative estimate of drug-likeness (QED) is 0.0911. The summed E-state index contributed by atoms with van der Waals surface area (Å²) in [7, 11) is 0. The van der Waals surface area contributed by atoms with E-state index in [4.69, 9.17) is 25.9 Å². The lowest BCUT2D eigenvalue weighted by molar-refractivity contribution is -0.118. The SMILES string of the molecule is CC(=O)NCCCCn1cc(-c2ccc(C3CCC(n4cc(-c5cccc(Oc6ccccc6)c5)c5c(N)ncnc54)C3)c(OCc3ccccc3)c2)c2c(N)ncnc21. The summed E-state index contributed by atoms with van der Waals surface area (Å²) in [5.41, 5.74) is 20.9. The zero-order valence-electron chi connectivity index (χ0n) is 33.5. The molecule has 8 aromatic rings. The summed E-state index contributed by atoms with van der Waals surface area (Å²) >= 11 is 0. The van der Waals surface area contributed by atoms with Crippen molar-refractivity contribution in [1.82, 2.24) is 34.4 Å². The van der Waals surface area contributed by atoms with Gasteiger partial charge in [-0.15, -0.1) is 0 Å². The molecule has 1 aliphatic rings. The van der Waals surface area contributed by atoms with Crippen molar-refractivity contribution in [2.24, 2.45) is 0 Å². The maximum atomic E-state index is 11.4. The monoisotopic (exact) mass is 797 g/mol. The highest BCUT2D eigenvalue weighted by Crippen LogP contribution is 2.48. The number of nitrogens with one attached hydrogen (secondary N) is 1. The molecule has 1 saturated carbocycles. The minimum absolute atomic E-state index is 0.0227. The number of aryl methyl sites for hydroxylation is 1. The molecule has 5 N–H and O–H groups in total. The van der Waals surface area contributed by atoms with Gasteiger partial charge in [-0.1, -0.05) is 72.8 Å². The van der Waals surface area contributed by atoms with Crippen molar-refractivity contribution >= 4 is 39.6 Å². The summed E-state index contributed by atoms with van der Waals surface area (Å²) in [4.78, 5) is 29.6. The number of fused-ring (bicyclic) bond motifs is 2. The second-order valence-electron chi connectivity index (χ2n) is 15.4. The number of amides is 1. The Balaban J connectivity index is 1.03. The van der Waals surface area contributed by atoms with E-state index in [2.05, 4.69) is 78.2 Å². The van der Waals surface area contributed by atoms with Crippen molar-refractivity contribution in [1.29, 1.82) is 0 Å². The van der Waals surface area contributed by atoms with Crippen molar-refractivity contribution in [3.63, 3.8) is 0 Å². The molecule has 4 aromatic carbocycles. The normalized spacial score (nSPS) is 15.1. The largest absolute Gasteiger partial charge is 0.489 e. The third-order valence-corrected chi connectivity index (χ3v) is 11.4. The van der Waals surface area contributed by atoms with Crippen LogP contribution in [0.1, 0.15) is 62.1 Å². The second-order valence-corrected chi connectivity index (χ2v) is 15.4. The van der Waals surface area contributed by atoms with E-state index < -0.39 is 0 Å². The van der Waals surface area contributed by atoms with Crippen LogP contribution in [0, 0.1) is 0 Å². The van der Waals surface area contributed by atoms with Crippen molar-refractivity contribution < 1.29 is 14.3 Å². The molecule has 0 bridgehead atoms. The number of nitrogens with zero attached hydrogens (tertiary/aromatic N) is 6. The van der Waals surface area contributed by atoms with Gasteiger partial charge in [0.15, 0.2) is 0 Å². The minimum atomic E-state index is -0.0227. The molecule has 60 heavy (non-hydrogen) atoms. The number of carbonyl (C=O) groups excluding carboxylic acids is 1. The number of nitrogens with two attached hydrogens (primary N) is 2. The number of anilines is 2. The van der Waals surface area contributed by atoms with Crippen LogP contribution in [0.3, 0.4) is 0 Å². The van der Waals surface area contributed by atoms with Gasteiger partial charge in [0.25, 0.3) is 0 Å². The van der Waals surface area contributed by atoms with Gasteiger partial charge in [0.2, 0.25) is 5.91 Å². The van der Waals surface area contributed by atoms with Crippen LogP contribution in [0.15, 0.2) is 128 Å². The highest BCUT2D eigenvalue weighted by molar-refractivity contribution is 6.01. The number of hydrogen-bond acceptors (Lipinski definition) is 9. The number of rotatable bonds is 14. The molecule has 1 fully saturated rings. The first-order chi connectivity index (χ1) is 29.4. The number of aromatic nitrogens is 6. The molecule has 2 unspecified atom stereocenters. The third-order valence-electron chi connectivity index (χ3n) is 11.4. The van der Waals surface area contributed by atoms with Crippen LogP contribution in [-0.4, -0.2) is 41.5 Å². The Morgan fingerprint density at radius 1 is 0.750 bits per heavy atom. The van der Waals surface area contributed by atoms with E-state index in [9.17, 15) is 4.79 Å². The molecule has 302 valence electrons. The van der Waals surface area contributed by atoms with E-state index in [0.717, 1.165) is 106 Å². The Hall–Kier alpha value is -7.21. The van der Waals surface area contributed by atoms with Crippen LogP contribution in [0.25, 0.3) is 44.3 Å². The number of nitrogen functional groups attached to an aromatic ring is 2. The number of hydrogen-bond donors (Lipinski definition) is 3. The first-order valence-corrected chi connectivity index (χ1v) is 20.5. The fourth-order valence-corrected chi connectivity index (χ4v) is 8.56. The zero-order valence-corrected chi connectivity index (χ0v) is 33.5. The third kappa shape index (κ3) is 7.96. The van der Waals surface area contributed by atoms with Crippen LogP contribution >= 0.6 is 0 Å². The standard InChI is InChI=1S/C48H47N9O3/c1-31(58)51-21-8-9-22-56-26-40(43-45(49)52-29-54-47(43)56)35-18-20-39(42(25-35)59-28-32-11-4-2-5-12-32)34-17-19-36(23-34)57-27-41(44-46(50)53-30-55-48(44)57)33-13-10-16-38(24-33)60-37-14-6-3-7-15-37/h2-7,10-16,18,20,24-27,29-30,34,36H,8-9,17,19,21-23,28H2,1H3,(H,51,58)(H2,49,52,54)(H2,50,53,55). The van der Waals surface area contributed by atoms with E-state index in [-0.39, 0.29) is 17.9 Å². The van der Waals surface area contributed by atoms with Gasteiger partial charge in [-0.2, -0.15) is 0 Å². The van der Waals surface area contributed by atoms with Gasteiger partial charge in [0, 0.05) is 49.6 Å². The lowest BCUT2D eigenvalue weighted by Gasteiger charge is -2.19. The van der Waals surface area contributed by atoms with Crippen LogP contribution in [-0.2, 0) is 17.9 Å². The molecule has 12 heteroatoms. The summed E-state index contributed by atoms with van der Waals surface area (Å²) in [6.07, 6.45) is 11.9. The smallest absolute Gasteiger partial charge is 0.216 e. The topological polar surface area (TPSA) is 161 Å². The Labute approximate surface area is 348 Å². The summed E-state index contributed by atoms with van der Waals surface area (Å²) in [6, 6.07) is 34.8. The van der Waals surface area contributed by atoms with Crippen LogP contribution in [0.5, 0.6) is 17.2 Å². The van der Waals surface area contributed by atoms with Crippen molar-refractivity contribution in [2.75, 3.05) is 18.0 Å². The highest BCUT2D eigenvalue weighted by Gasteiger charge is 2.32. The average molecular weight is 798 g/mol. The molecule has 12 nitrogen and oxygen atoms in total. The van der Waals surface area contributed by atoms with Gasteiger partial charge in [0.05, 0.1) is 10.8 Å². The molecule has 0 spiro atoms. The minimum Gasteiger partial charge on any atom is -0.489 e. The van der Waals surface area contributed by atoms with Crippen LogP contribution < -0.4 is 26.3 Å². The summed E-state index contributed by atoms with van der Waals surface area (Å²) in [5, 5.41) is 4.53. The number of benzene rings is 4. The van der Waals surface area contributed by atoms with E-state index in [1.165, 1.54) is 18.8 Å². The molecule has 2 atom stereocenters. The summed E-state index contributed by atoms with van der Waals surface area (Å²) in [5.74, 6) is 3.44. The number of ether oxygens (including phenoxy) is 2. The molecule has 0 aliphatic heterocycles. The zero-order chi connectivity index (χ0) is 41.0. The molecule has 9 rings (SSSR count). The number of unbranched alkanes of at least 4 members (excludes halogenated alkanes) is 1. The second kappa shape index (κ2) is 16.9. The average Bonchev–Trinajstić information content (AvgIpc) is 4.01. The van der Waals surface area contributed by atoms with Gasteiger partial charge >= 0.3 is 0 Å². The van der Waals surface area contributed by atoms with E-state index in [1.54, 1.807) is 6.33 Å². The van der Waals surface area contributed by atoms with Crippen molar-refractivity contribution in [3.05, 3.63) is 139 Å². The Kier molecular flexibility index (Phi) is 10.8. The maximum absolute atomic E-state index is 11.4. The lowest BCUT2D eigenvalue weighted by Crippen LogP contribution is -2.21. The molecule has 4 aromatic heterocycles. The number of para-hydroxylation sites is 1. The summed E-state index contributed by atoms with van der Waals surface area (Å²) in [6.45, 7) is 3.33. The van der Waals surface area contributed by atoms with Crippen LogP contribution in [0.2, 0.25) is 0 Å². The molecule has 0 saturated heterocycles. The van der Waals surface area contributed by atoms with Crippen molar-refractivity contribution in [3.8, 4) is 39.5 Å². The Bertz CT molecular complexity index is 2780. The molecular formula is C48H47N9O3. The first kappa shape index (κ1) is 38.3. The van der Waals surface area contributed by atoms with Gasteiger partial charge in [-0.25, -0.2) is 19.9 Å². The van der Waals surface area contributed by atoms with Gasteiger partial charge in [0.1, 0.15) is 59.4 Å². The fourth-order valence-electron chi connectivity index (χ4n) is 8.56. The fraction of sp³-hybridized carbons (Fsp3) is 0.229. The van der Waals surface area contributed by atoms with E-state index in [0.29, 0.717) is 24.8 Å². The van der Waals surface area contributed by atoms with Gasteiger partial charge in [-0.3, -0.25) is 4.79 Å². The Morgan fingerprint density at radius 2 is 1.45 bits per heavy atom. The summed E-state index contributed by atoms with van der Waals surface area (Å²) < 4.78 is 17.4. The molecule has 1 aliphatic carbocycles. The molecule has 4 heterocycles. The predicted molar refractivity (Wildman–Crippen MR) is 236 cm³/mol. The molecule has 0 radical (unpaired) electrons. The van der Waals surface area contributed by atoms with E-state index in [1.807, 2.05) is 66.7 Å². The highest BCUT2D eigenvalue weighted by atomic mass is 16.5. The van der Waals surface area contributed by atoms with Gasteiger partial charge < -0.3 is 35.4 Å². The maximum Gasteiger partial charge on any atom is 0.216 e. The van der Waals surface area contributed by atoms with Crippen molar-refractivity contribution in [2.45, 2.75) is 64.1 Å². The van der Waals surface area contributed by atoms with Gasteiger partial charge in [-0.05, 0) is 90.6 Å². The molecular weight excluding hydrogens is 751 g/mol. The van der Waals surface area contributed by atoms with Crippen LogP contribution in [0.4, 0.5) is 11.6 Å². The van der Waals surface area contributed by atoms with E-state index >= 15 is 0 Å². The lowest BCUT2D eigenvalue weighted by atomic mass is 9.93. The number of carbonyl (C=O) groups is 1. The Morgan fingerprint density at radius 3 is 2.23 bits per heavy atom.